The summed E-state index contributed by atoms with van der Waals surface area (Å²) in [5.41, 5.74) is -0.558. The SMILES string of the molecule is C#CN(C(=O)C(CC(C)C)NC(=O)OC(C)(C)C)C(C(=O)NCCCC)c1ccccc1O. The molecule has 182 valence electrons. The Morgan fingerprint density at radius 2 is 1.85 bits per heavy atom. The van der Waals surface area contributed by atoms with E-state index in [1.807, 2.05) is 20.8 Å². The van der Waals surface area contributed by atoms with Gasteiger partial charge in [-0.25, -0.2) is 4.79 Å². The molecule has 3 N–H and O–H groups in total. The van der Waals surface area contributed by atoms with Crippen LogP contribution in [-0.4, -0.2) is 46.1 Å². The van der Waals surface area contributed by atoms with Gasteiger partial charge in [0, 0.05) is 18.2 Å². The van der Waals surface area contributed by atoms with Crippen molar-refractivity contribution in [2.75, 3.05) is 6.54 Å². The van der Waals surface area contributed by atoms with E-state index in [9.17, 15) is 19.5 Å². The molecule has 0 fully saturated rings. The first-order chi connectivity index (χ1) is 15.4. The van der Waals surface area contributed by atoms with Crippen LogP contribution in [0.2, 0.25) is 0 Å². The van der Waals surface area contributed by atoms with Gasteiger partial charge in [-0.05, 0) is 45.6 Å². The summed E-state index contributed by atoms with van der Waals surface area (Å²) < 4.78 is 5.30. The van der Waals surface area contributed by atoms with Crippen molar-refractivity contribution in [1.82, 2.24) is 15.5 Å². The molecular weight excluding hydrogens is 422 g/mol. The van der Waals surface area contributed by atoms with E-state index in [0.29, 0.717) is 6.54 Å². The molecule has 0 radical (unpaired) electrons. The van der Waals surface area contributed by atoms with Gasteiger partial charge in [0.1, 0.15) is 17.4 Å². The van der Waals surface area contributed by atoms with Gasteiger partial charge in [-0.2, -0.15) is 0 Å². The zero-order chi connectivity index (χ0) is 25.2. The van der Waals surface area contributed by atoms with Crippen molar-refractivity contribution in [3.8, 4) is 18.2 Å². The lowest BCUT2D eigenvalue weighted by Gasteiger charge is -2.31. The third-order valence-electron chi connectivity index (χ3n) is 4.64. The Kier molecular flexibility index (Phi) is 10.7. The van der Waals surface area contributed by atoms with Crippen molar-refractivity contribution in [2.24, 2.45) is 5.92 Å². The van der Waals surface area contributed by atoms with Gasteiger partial charge in [0.25, 0.3) is 5.91 Å². The minimum Gasteiger partial charge on any atom is -0.508 e. The monoisotopic (exact) mass is 459 g/mol. The third kappa shape index (κ3) is 9.05. The van der Waals surface area contributed by atoms with E-state index in [4.69, 9.17) is 11.2 Å². The van der Waals surface area contributed by atoms with Crippen LogP contribution in [0.15, 0.2) is 24.3 Å². The number of hydrogen-bond acceptors (Lipinski definition) is 5. The summed E-state index contributed by atoms with van der Waals surface area (Å²) in [5, 5.41) is 15.8. The Balaban J connectivity index is 3.33. The number of nitrogens with zero attached hydrogens (tertiary/aromatic N) is 1. The zero-order valence-corrected chi connectivity index (χ0v) is 20.5. The first-order valence-electron chi connectivity index (χ1n) is 11.3. The largest absolute Gasteiger partial charge is 0.508 e. The highest BCUT2D eigenvalue weighted by Gasteiger charge is 2.37. The summed E-state index contributed by atoms with van der Waals surface area (Å²) in [6, 6.07) is 6.22. The number of phenols is 1. The number of unbranched alkanes of at least 4 members (excludes halogenated alkanes) is 1. The summed E-state index contributed by atoms with van der Waals surface area (Å²) in [4.78, 5) is 40.0. The highest BCUT2D eigenvalue weighted by Crippen LogP contribution is 2.29. The summed E-state index contributed by atoms with van der Waals surface area (Å²) in [5.74, 6) is -1.29. The molecule has 0 aromatic heterocycles. The fourth-order valence-electron chi connectivity index (χ4n) is 3.18. The second-order valence-electron chi connectivity index (χ2n) is 9.27. The maximum absolute atomic E-state index is 13.5. The summed E-state index contributed by atoms with van der Waals surface area (Å²) in [7, 11) is 0. The van der Waals surface area contributed by atoms with Gasteiger partial charge in [0.2, 0.25) is 5.91 Å². The Hall–Kier alpha value is -3.21. The van der Waals surface area contributed by atoms with E-state index in [1.165, 1.54) is 12.1 Å². The number of phenolic OH excluding ortho intramolecular Hbond substituents is 1. The molecule has 0 spiro atoms. The van der Waals surface area contributed by atoms with Crippen LogP contribution < -0.4 is 10.6 Å². The predicted octanol–water partition coefficient (Wildman–Crippen LogP) is 3.71. The Bertz CT molecular complexity index is 854. The Morgan fingerprint density at radius 3 is 2.36 bits per heavy atom. The summed E-state index contributed by atoms with van der Waals surface area (Å²) >= 11 is 0. The van der Waals surface area contributed by atoms with Crippen LogP contribution in [-0.2, 0) is 14.3 Å². The topological polar surface area (TPSA) is 108 Å². The number of benzene rings is 1. The second-order valence-corrected chi connectivity index (χ2v) is 9.27. The minimum atomic E-state index is -1.27. The molecule has 0 saturated carbocycles. The van der Waals surface area contributed by atoms with Gasteiger partial charge >= 0.3 is 6.09 Å². The minimum absolute atomic E-state index is 0.0375. The van der Waals surface area contributed by atoms with Crippen molar-refractivity contribution in [3.63, 3.8) is 0 Å². The van der Waals surface area contributed by atoms with Crippen LogP contribution in [0.25, 0.3) is 0 Å². The van der Waals surface area contributed by atoms with Crippen LogP contribution in [0.4, 0.5) is 4.79 Å². The van der Waals surface area contributed by atoms with Crippen LogP contribution >= 0.6 is 0 Å². The van der Waals surface area contributed by atoms with Gasteiger partial charge in [-0.1, -0.05) is 51.8 Å². The number of nitrogens with one attached hydrogen (secondary N) is 2. The van der Waals surface area contributed by atoms with E-state index < -0.39 is 35.6 Å². The molecule has 2 unspecified atom stereocenters. The fourth-order valence-corrected chi connectivity index (χ4v) is 3.18. The molecule has 0 aliphatic rings. The van der Waals surface area contributed by atoms with Crippen molar-refractivity contribution >= 4 is 17.9 Å². The molecule has 33 heavy (non-hydrogen) atoms. The number of ether oxygens (including phenoxy) is 1. The normalized spacial score (nSPS) is 12.9. The van der Waals surface area contributed by atoms with Crippen LogP contribution in [0.5, 0.6) is 5.75 Å². The van der Waals surface area contributed by atoms with Gasteiger partial charge in [-0.3, -0.25) is 14.5 Å². The highest BCUT2D eigenvalue weighted by molar-refractivity contribution is 5.93. The number of alkyl carbamates (subject to hydrolysis) is 1. The molecule has 0 aliphatic carbocycles. The highest BCUT2D eigenvalue weighted by atomic mass is 16.6. The number of carbonyl (C=O) groups is 3. The van der Waals surface area contributed by atoms with Crippen molar-refractivity contribution in [1.29, 1.82) is 0 Å². The fraction of sp³-hybridized carbons (Fsp3) is 0.560. The molecule has 2 atom stereocenters. The van der Waals surface area contributed by atoms with E-state index >= 15 is 0 Å². The van der Waals surface area contributed by atoms with Gasteiger partial charge in [0.15, 0.2) is 6.04 Å². The number of aromatic hydroxyl groups is 1. The Morgan fingerprint density at radius 1 is 1.21 bits per heavy atom. The van der Waals surface area contributed by atoms with E-state index in [-0.39, 0.29) is 23.7 Å². The second kappa shape index (κ2) is 12.7. The zero-order valence-electron chi connectivity index (χ0n) is 20.5. The van der Waals surface area contributed by atoms with E-state index in [0.717, 1.165) is 17.7 Å². The van der Waals surface area contributed by atoms with Crippen LogP contribution in [0.1, 0.15) is 72.4 Å². The Labute approximate surface area is 197 Å². The van der Waals surface area contributed by atoms with Crippen molar-refractivity contribution < 1.29 is 24.2 Å². The third-order valence-corrected chi connectivity index (χ3v) is 4.64. The average molecular weight is 460 g/mol. The van der Waals surface area contributed by atoms with Crippen LogP contribution in [0.3, 0.4) is 0 Å². The molecule has 0 aliphatic heterocycles. The molecular formula is C25H37N3O5. The molecule has 8 heteroatoms. The molecule has 0 saturated heterocycles. The molecule has 0 bridgehead atoms. The van der Waals surface area contributed by atoms with Crippen molar-refractivity contribution in [2.45, 2.75) is 78.5 Å². The summed E-state index contributed by atoms with van der Waals surface area (Å²) in [6.07, 6.45) is 6.85. The maximum Gasteiger partial charge on any atom is 0.408 e. The van der Waals surface area contributed by atoms with Crippen molar-refractivity contribution in [3.05, 3.63) is 29.8 Å². The molecule has 3 amide bonds. The molecule has 1 aromatic carbocycles. The standard InChI is InChI=1S/C25H37N3O5/c1-8-10-15-26-22(30)21(18-13-11-12-14-20(18)29)28(9-2)23(31)19(16-17(3)4)27-24(32)33-25(5,6)7/h2,11-14,17,19,21,29H,8,10,15-16H2,1,3-7H3,(H,26,30)(H,27,32). The lowest BCUT2D eigenvalue weighted by Crippen LogP contribution is -2.52. The number of carbonyl (C=O) groups excluding carboxylic acids is 3. The van der Waals surface area contributed by atoms with E-state index in [1.54, 1.807) is 32.9 Å². The number of rotatable bonds is 10. The van der Waals surface area contributed by atoms with Gasteiger partial charge in [-0.15, -0.1) is 0 Å². The maximum atomic E-state index is 13.5. The first kappa shape index (κ1) is 27.8. The van der Waals surface area contributed by atoms with Gasteiger partial charge in [0.05, 0.1) is 0 Å². The van der Waals surface area contributed by atoms with E-state index in [2.05, 4.69) is 16.7 Å². The molecule has 8 nitrogen and oxygen atoms in total. The molecule has 0 heterocycles. The molecule has 1 rings (SSSR count). The number of hydrogen-bond donors (Lipinski definition) is 3. The molecule has 1 aromatic rings. The predicted molar refractivity (Wildman–Crippen MR) is 127 cm³/mol. The smallest absolute Gasteiger partial charge is 0.408 e. The lowest BCUT2D eigenvalue weighted by molar-refractivity contribution is -0.138. The van der Waals surface area contributed by atoms with Crippen LogP contribution in [0, 0.1) is 18.4 Å². The number of terminal acetylenes is 1. The van der Waals surface area contributed by atoms with Gasteiger partial charge < -0.3 is 20.5 Å². The number of amides is 3. The quantitative estimate of drug-likeness (QED) is 0.281. The average Bonchev–Trinajstić information content (AvgIpc) is 2.70. The summed E-state index contributed by atoms with van der Waals surface area (Å²) in [6.45, 7) is 11.3. The lowest BCUT2D eigenvalue weighted by atomic mass is 9.99. The number of para-hydroxylation sites is 1. The first-order valence-corrected chi connectivity index (χ1v) is 11.3.